The first-order valence-corrected chi connectivity index (χ1v) is 9.65. The van der Waals surface area contributed by atoms with E-state index in [4.69, 9.17) is 0 Å². The van der Waals surface area contributed by atoms with Crippen molar-refractivity contribution in [1.82, 2.24) is 0 Å². The molecule has 0 aromatic rings. The number of unbranched alkanes of at least 4 members (excludes halogenated alkanes) is 9. The number of hydrogen-bond acceptors (Lipinski definition) is 5. The van der Waals surface area contributed by atoms with Crippen LogP contribution in [0, 0.1) is 0 Å². The molecule has 0 saturated carbocycles. The van der Waals surface area contributed by atoms with Crippen LogP contribution in [0.3, 0.4) is 0 Å². The molecule has 0 aromatic carbocycles. The molecule has 0 unspecified atom stereocenters. The average molecular weight is 345 g/mol. The second-order valence-corrected chi connectivity index (χ2v) is 6.69. The lowest BCUT2D eigenvalue weighted by Crippen LogP contribution is -2.06. The molecule has 0 spiro atoms. The second kappa shape index (κ2) is 15.9. The summed E-state index contributed by atoms with van der Waals surface area (Å²) in [7, 11) is 2.61. The molecule has 0 amide bonds. The van der Waals surface area contributed by atoms with Gasteiger partial charge in [0.1, 0.15) is 0 Å². The number of ether oxygens (including phenoxy) is 2. The van der Waals surface area contributed by atoms with Crippen molar-refractivity contribution in [1.29, 1.82) is 0 Å². The summed E-state index contributed by atoms with van der Waals surface area (Å²) in [6.07, 6.45) is 14.0. The van der Waals surface area contributed by atoms with Gasteiger partial charge in [-0.05, 0) is 12.2 Å². The molecule has 0 atom stereocenters. The monoisotopic (exact) mass is 344 g/mol. The summed E-state index contributed by atoms with van der Waals surface area (Å²) in [6, 6.07) is 0. The lowest BCUT2D eigenvalue weighted by molar-refractivity contribution is -0.137. The fourth-order valence-corrected chi connectivity index (χ4v) is 3.15. The van der Waals surface area contributed by atoms with Gasteiger partial charge in [0.05, 0.1) is 19.1 Å². The Hall–Kier alpha value is -0.970. The standard InChI is InChI=1S/C18H32O4S/c1-4-5-6-7-8-9-10-11-12-13-14-23-16(18(20)22-3)15-17(19)21-2/h15H,4-14H2,1-3H3/b16-15-. The quantitative estimate of drug-likeness (QED) is 0.256. The third-order valence-electron chi connectivity index (χ3n) is 3.59. The Kier molecular flexibility index (Phi) is 15.2. The summed E-state index contributed by atoms with van der Waals surface area (Å²) < 4.78 is 9.22. The van der Waals surface area contributed by atoms with Gasteiger partial charge in [-0.25, -0.2) is 9.59 Å². The predicted molar refractivity (Wildman–Crippen MR) is 96.4 cm³/mol. The molecular formula is C18H32O4S. The summed E-state index contributed by atoms with van der Waals surface area (Å²) in [6.45, 7) is 2.24. The largest absolute Gasteiger partial charge is 0.466 e. The van der Waals surface area contributed by atoms with Crippen molar-refractivity contribution in [3.05, 3.63) is 11.0 Å². The number of hydrogen-bond donors (Lipinski definition) is 0. The van der Waals surface area contributed by atoms with Crippen molar-refractivity contribution in [2.24, 2.45) is 0 Å². The zero-order chi connectivity index (χ0) is 17.3. The molecule has 5 heteroatoms. The highest BCUT2D eigenvalue weighted by molar-refractivity contribution is 8.04. The van der Waals surface area contributed by atoms with Gasteiger partial charge in [-0.3, -0.25) is 0 Å². The molecule has 0 saturated heterocycles. The summed E-state index contributed by atoms with van der Waals surface area (Å²) in [5.41, 5.74) is 0. The SMILES string of the molecule is CCCCCCCCCCCCS/C(=C\C(=O)OC)C(=O)OC. The molecule has 0 aliphatic carbocycles. The van der Waals surface area contributed by atoms with E-state index in [0.29, 0.717) is 4.91 Å². The molecule has 0 fully saturated rings. The smallest absolute Gasteiger partial charge is 0.344 e. The number of thioether (sulfide) groups is 1. The maximum Gasteiger partial charge on any atom is 0.344 e. The molecule has 0 bridgehead atoms. The third-order valence-corrected chi connectivity index (χ3v) is 4.68. The Morgan fingerprint density at radius 1 is 0.826 bits per heavy atom. The Morgan fingerprint density at radius 3 is 1.83 bits per heavy atom. The predicted octanol–water partition coefficient (Wildman–Crippen LogP) is 4.87. The fourth-order valence-electron chi connectivity index (χ4n) is 2.20. The lowest BCUT2D eigenvalue weighted by Gasteiger charge is -2.05. The molecule has 0 radical (unpaired) electrons. The van der Waals surface area contributed by atoms with Crippen LogP contribution in [0.5, 0.6) is 0 Å². The summed E-state index contributed by atoms with van der Waals surface area (Å²) >= 11 is 1.36. The van der Waals surface area contributed by atoms with Crippen molar-refractivity contribution < 1.29 is 19.1 Å². The first kappa shape index (κ1) is 22.0. The first-order chi connectivity index (χ1) is 11.2. The van der Waals surface area contributed by atoms with Gasteiger partial charge in [0.2, 0.25) is 0 Å². The van der Waals surface area contributed by atoms with E-state index < -0.39 is 11.9 Å². The van der Waals surface area contributed by atoms with E-state index in [0.717, 1.165) is 18.6 Å². The molecule has 0 heterocycles. The van der Waals surface area contributed by atoms with Crippen LogP contribution in [0.25, 0.3) is 0 Å². The van der Waals surface area contributed by atoms with Crippen LogP contribution >= 0.6 is 11.8 Å². The normalized spacial score (nSPS) is 11.3. The van der Waals surface area contributed by atoms with Gasteiger partial charge in [0, 0.05) is 6.08 Å². The first-order valence-electron chi connectivity index (χ1n) is 8.66. The molecule has 0 aromatic heterocycles. The van der Waals surface area contributed by atoms with Gasteiger partial charge < -0.3 is 9.47 Å². The third kappa shape index (κ3) is 13.2. The molecule has 0 N–H and O–H groups in total. The maximum absolute atomic E-state index is 11.6. The van der Waals surface area contributed by atoms with Crippen molar-refractivity contribution >= 4 is 23.7 Å². The summed E-state index contributed by atoms with van der Waals surface area (Å²) in [5.74, 6) is -0.192. The Balaban J connectivity index is 3.69. The van der Waals surface area contributed by atoms with E-state index in [1.54, 1.807) is 0 Å². The number of methoxy groups -OCH3 is 2. The molecule has 134 valence electrons. The minimum Gasteiger partial charge on any atom is -0.466 e. The number of carbonyl (C=O) groups is 2. The molecule has 4 nitrogen and oxygen atoms in total. The van der Waals surface area contributed by atoms with E-state index in [9.17, 15) is 9.59 Å². The van der Waals surface area contributed by atoms with Crippen LogP contribution in [0.2, 0.25) is 0 Å². The molecule has 0 aliphatic heterocycles. The minimum atomic E-state index is -0.527. The van der Waals surface area contributed by atoms with Crippen molar-refractivity contribution in [3.8, 4) is 0 Å². The summed E-state index contributed by atoms with van der Waals surface area (Å²) in [5, 5.41) is 0. The van der Waals surface area contributed by atoms with Crippen LogP contribution in [-0.2, 0) is 19.1 Å². The fraction of sp³-hybridized carbons (Fsp3) is 0.778. The minimum absolute atomic E-state index is 0.315. The van der Waals surface area contributed by atoms with Crippen LogP contribution in [0.4, 0.5) is 0 Å². The van der Waals surface area contributed by atoms with Crippen LogP contribution < -0.4 is 0 Å². The summed E-state index contributed by atoms with van der Waals surface area (Å²) in [4.78, 5) is 23.1. The highest BCUT2D eigenvalue weighted by Gasteiger charge is 2.12. The van der Waals surface area contributed by atoms with Gasteiger partial charge in [-0.1, -0.05) is 64.7 Å². The van der Waals surface area contributed by atoms with Crippen molar-refractivity contribution in [3.63, 3.8) is 0 Å². The van der Waals surface area contributed by atoms with E-state index in [1.165, 1.54) is 83.4 Å². The maximum atomic E-state index is 11.6. The van der Waals surface area contributed by atoms with Crippen LogP contribution in [-0.4, -0.2) is 31.9 Å². The van der Waals surface area contributed by atoms with Gasteiger partial charge in [0.15, 0.2) is 0 Å². The number of carbonyl (C=O) groups excluding carboxylic acids is 2. The van der Waals surface area contributed by atoms with Gasteiger partial charge in [-0.2, -0.15) is 0 Å². The molecular weight excluding hydrogens is 312 g/mol. The van der Waals surface area contributed by atoms with E-state index >= 15 is 0 Å². The second-order valence-electron chi connectivity index (χ2n) is 5.55. The van der Waals surface area contributed by atoms with E-state index in [-0.39, 0.29) is 0 Å². The Labute approximate surface area is 145 Å². The molecule has 23 heavy (non-hydrogen) atoms. The van der Waals surface area contributed by atoms with Crippen LogP contribution in [0.15, 0.2) is 11.0 Å². The van der Waals surface area contributed by atoms with Gasteiger partial charge in [-0.15, -0.1) is 11.8 Å². The van der Waals surface area contributed by atoms with Crippen LogP contribution in [0.1, 0.15) is 71.1 Å². The highest BCUT2D eigenvalue weighted by Crippen LogP contribution is 2.20. The van der Waals surface area contributed by atoms with Crippen molar-refractivity contribution in [2.75, 3.05) is 20.0 Å². The van der Waals surface area contributed by atoms with Crippen molar-refractivity contribution in [2.45, 2.75) is 71.1 Å². The van der Waals surface area contributed by atoms with E-state index in [1.807, 2.05) is 0 Å². The molecule has 0 aliphatic rings. The Morgan fingerprint density at radius 2 is 1.35 bits per heavy atom. The zero-order valence-corrected chi connectivity index (χ0v) is 15.7. The Bertz CT molecular complexity index is 353. The number of esters is 2. The van der Waals surface area contributed by atoms with Gasteiger partial charge in [0.25, 0.3) is 0 Å². The van der Waals surface area contributed by atoms with Gasteiger partial charge >= 0.3 is 11.9 Å². The molecule has 0 rings (SSSR count). The van der Waals surface area contributed by atoms with E-state index in [2.05, 4.69) is 16.4 Å². The topological polar surface area (TPSA) is 52.6 Å². The lowest BCUT2D eigenvalue weighted by atomic mass is 10.1. The number of rotatable bonds is 14. The zero-order valence-electron chi connectivity index (χ0n) is 14.9. The average Bonchev–Trinajstić information content (AvgIpc) is 2.57. The highest BCUT2D eigenvalue weighted by atomic mass is 32.2.